The monoisotopic (exact) mass is 309 g/mol. The summed E-state index contributed by atoms with van der Waals surface area (Å²) in [6.07, 6.45) is 7.26. The molecule has 2 fully saturated rings. The van der Waals surface area contributed by atoms with E-state index in [1.165, 1.54) is 0 Å². The number of likely N-dealkylation sites (tertiary alicyclic amines) is 1. The summed E-state index contributed by atoms with van der Waals surface area (Å²) in [5.74, 6) is 0.834. The molecule has 4 rings (SSSR count). The topological polar surface area (TPSA) is 62.2 Å². The summed E-state index contributed by atoms with van der Waals surface area (Å²) in [6, 6.07) is 5.56. The smallest absolute Gasteiger partial charge is 0.255 e. The summed E-state index contributed by atoms with van der Waals surface area (Å²) in [7, 11) is 0. The van der Waals surface area contributed by atoms with Gasteiger partial charge in [-0.3, -0.25) is 9.78 Å². The van der Waals surface area contributed by atoms with Crippen molar-refractivity contribution in [1.29, 1.82) is 0 Å². The van der Waals surface area contributed by atoms with E-state index in [1.54, 1.807) is 18.6 Å². The first-order valence-corrected chi connectivity index (χ1v) is 7.95. The highest BCUT2D eigenvalue weighted by Gasteiger charge is 2.51. The van der Waals surface area contributed by atoms with Gasteiger partial charge in [-0.1, -0.05) is 0 Å². The Morgan fingerprint density at radius 2 is 1.91 bits per heavy atom. The molecule has 6 nitrogen and oxygen atoms in total. The van der Waals surface area contributed by atoms with Crippen LogP contribution in [0.15, 0.2) is 36.8 Å². The van der Waals surface area contributed by atoms with Crippen LogP contribution in [-0.2, 0) is 0 Å². The first kappa shape index (κ1) is 14.1. The number of hydrogen-bond acceptors (Lipinski definition) is 5. The van der Waals surface area contributed by atoms with Gasteiger partial charge in [0.05, 0.1) is 11.1 Å². The SMILES string of the molecule is Cc1ccc(C(=O)N2CC[C@]3(CCN3c3ncccn3)C2)cn1. The molecule has 2 saturated heterocycles. The number of aryl methyl sites for hydroxylation is 1. The van der Waals surface area contributed by atoms with Crippen LogP contribution in [0.1, 0.15) is 28.9 Å². The van der Waals surface area contributed by atoms with Crippen molar-refractivity contribution in [2.45, 2.75) is 25.3 Å². The molecule has 0 radical (unpaired) electrons. The third-order valence-electron chi connectivity index (χ3n) is 4.94. The van der Waals surface area contributed by atoms with Crippen LogP contribution in [-0.4, -0.2) is 50.9 Å². The van der Waals surface area contributed by atoms with Gasteiger partial charge in [-0.25, -0.2) is 9.97 Å². The number of amides is 1. The Labute approximate surface area is 135 Å². The number of aromatic nitrogens is 3. The van der Waals surface area contributed by atoms with Gasteiger partial charge in [0.2, 0.25) is 5.95 Å². The largest absolute Gasteiger partial charge is 0.336 e. The lowest BCUT2D eigenvalue weighted by molar-refractivity contribution is 0.0775. The molecule has 6 heteroatoms. The van der Waals surface area contributed by atoms with E-state index >= 15 is 0 Å². The van der Waals surface area contributed by atoms with Crippen molar-refractivity contribution >= 4 is 11.9 Å². The van der Waals surface area contributed by atoms with Gasteiger partial charge in [-0.15, -0.1) is 0 Å². The summed E-state index contributed by atoms with van der Waals surface area (Å²) in [6.45, 7) is 4.39. The van der Waals surface area contributed by atoms with E-state index in [0.717, 1.165) is 44.1 Å². The summed E-state index contributed by atoms with van der Waals surface area (Å²) in [5, 5.41) is 0. The average Bonchev–Trinajstić information content (AvgIpc) is 3.03. The van der Waals surface area contributed by atoms with Crippen LogP contribution in [0.3, 0.4) is 0 Å². The highest BCUT2D eigenvalue weighted by molar-refractivity contribution is 5.94. The van der Waals surface area contributed by atoms with Crippen molar-refractivity contribution in [3.05, 3.63) is 48.0 Å². The molecule has 2 aliphatic rings. The van der Waals surface area contributed by atoms with E-state index in [-0.39, 0.29) is 11.4 Å². The van der Waals surface area contributed by atoms with Crippen LogP contribution in [0.2, 0.25) is 0 Å². The molecule has 0 aromatic carbocycles. The lowest BCUT2D eigenvalue weighted by Gasteiger charge is -2.50. The molecule has 2 aromatic heterocycles. The molecular weight excluding hydrogens is 290 g/mol. The number of hydrogen-bond donors (Lipinski definition) is 0. The van der Waals surface area contributed by atoms with Crippen molar-refractivity contribution < 1.29 is 4.79 Å². The first-order valence-electron chi connectivity index (χ1n) is 7.95. The maximum absolute atomic E-state index is 12.7. The number of carbonyl (C=O) groups is 1. The maximum atomic E-state index is 12.7. The zero-order valence-electron chi connectivity index (χ0n) is 13.1. The molecular formula is C17H19N5O. The molecule has 1 amide bonds. The van der Waals surface area contributed by atoms with Crippen LogP contribution in [0, 0.1) is 6.92 Å². The molecule has 1 spiro atoms. The highest BCUT2D eigenvalue weighted by atomic mass is 16.2. The minimum atomic E-state index is 0.00907. The summed E-state index contributed by atoms with van der Waals surface area (Å²) in [4.78, 5) is 29.8. The maximum Gasteiger partial charge on any atom is 0.255 e. The van der Waals surface area contributed by atoms with E-state index in [2.05, 4.69) is 19.9 Å². The fourth-order valence-electron chi connectivity index (χ4n) is 3.51. The fraction of sp³-hybridized carbons (Fsp3) is 0.412. The summed E-state index contributed by atoms with van der Waals surface area (Å²) >= 11 is 0. The Bertz CT molecular complexity index is 718. The number of anilines is 1. The van der Waals surface area contributed by atoms with Gasteiger partial charge in [0.15, 0.2) is 0 Å². The molecule has 0 bridgehead atoms. The molecule has 2 aliphatic heterocycles. The van der Waals surface area contributed by atoms with Gasteiger partial charge in [-0.05, 0) is 38.0 Å². The highest BCUT2D eigenvalue weighted by Crippen LogP contribution is 2.41. The Kier molecular flexibility index (Phi) is 3.25. The number of carbonyl (C=O) groups excluding carboxylic acids is 1. The Hall–Kier alpha value is -2.50. The summed E-state index contributed by atoms with van der Waals surface area (Å²) < 4.78 is 0. The second kappa shape index (κ2) is 5.30. The standard InChI is InChI=1S/C17H19N5O/c1-13-3-4-14(11-20-13)15(23)21-9-5-17(12-21)6-10-22(17)16-18-7-2-8-19-16/h2-4,7-8,11H,5-6,9-10,12H2,1H3/t17-/m0/s1. The van der Waals surface area contributed by atoms with Crippen LogP contribution in [0.5, 0.6) is 0 Å². The lowest BCUT2D eigenvalue weighted by atomic mass is 9.84. The third-order valence-corrected chi connectivity index (χ3v) is 4.94. The van der Waals surface area contributed by atoms with E-state index in [1.807, 2.05) is 30.0 Å². The molecule has 118 valence electrons. The van der Waals surface area contributed by atoms with Crippen molar-refractivity contribution in [2.75, 3.05) is 24.5 Å². The van der Waals surface area contributed by atoms with Gasteiger partial charge < -0.3 is 9.80 Å². The lowest BCUT2D eigenvalue weighted by Crippen LogP contribution is -2.62. The molecule has 0 unspecified atom stereocenters. The van der Waals surface area contributed by atoms with Crippen LogP contribution in [0.25, 0.3) is 0 Å². The van der Waals surface area contributed by atoms with Gasteiger partial charge >= 0.3 is 0 Å². The molecule has 23 heavy (non-hydrogen) atoms. The minimum absolute atomic E-state index is 0.00907. The third kappa shape index (κ3) is 2.34. The molecule has 2 aromatic rings. The van der Waals surface area contributed by atoms with Crippen LogP contribution in [0.4, 0.5) is 5.95 Å². The second-order valence-electron chi connectivity index (χ2n) is 6.34. The molecule has 1 atom stereocenters. The van der Waals surface area contributed by atoms with Gasteiger partial charge in [0.1, 0.15) is 0 Å². The number of pyridine rings is 1. The predicted octanol–water partition coefficient (Wildman–Crippen LogP) is 1.68. The minimum Gasteiger partial charge on any atom is -0.336 e. The normalized spacial score (nSPS) is 23.2. The van der Waals surface area contributed by atoms with Crippen molar-refractivity contribution in [3.8, 4) is 0 Å². The molecule has 0 N–H and O–H groups in total. The van der Waals surface area contributed by atoms with Crippen molar-refractivity contribution in [3.63, 3.8) is 0 Å². The predicted molar refractivity (Wildman–Crippen MR) is 86.2 cm³/mol. The van der Waals surface area contributed by atoms with Gasteiger partial charge in [-0.2, -0.15) is 0 Å². The molecule has 0 saturated carbocycles. The molecule has 0 aliphatic carbocycles. The second-order valence-corrected chi connectivity index (χ2v) is 6.34. The van der Waals surface area contributed by atoms with Gasteiger partial charge in [0.25, 0.3) is 5.91 Å². The average molecular weight is 309 g/mol. The Morgan fingerprint density at radius 3 is 2.57 bits per heavy atom. The Morgan fingerprint density at radius 1 is 1.13 bits per heavy atom. The Balaban J connectivity index is 1.51. The number of nitrogens with zero attached hydrogens (tertiary/aromatic N) is 5. The van der Waals surface area contributed by atoms with E-state index in [0.29, 0.717) is 5.56 Å². The van der Waals surface area contributed by atoms with E-state index in [9.17, 15) is 4.79 Å². The van der Waals surface area contributed by atoms with Gasteiger partial charge in [0, 0.05) is 43.9 Å². The van der Waals surface area contributed by atoms with Crippen LogP contribution < -0.4 is 4.90 Å². The van der Waals surface area contributed by atoms with E-state index in [4.69, 9.17) is 0 Å². The van der Waals surface area contributed by atoms with Crippen LogP contribution >= 0.6 is 0 Å². The van der Waals surface area contributed by atoms with Crippen molar-refractivity contribution in [1.82, 2.24) is 19.9 Å². The van der Waals surface area contributed by atoms with Crippen molar-refractivity contribution in [2.24, 2.45) is 0 Å². The summed E-state index contributed by atoms with van der Waals surface area (Å²) in [5.41, 5.74) is 1.59. The molecule has 4 heterocycles. The van der Waals surface area contributed by atoms with E-state index < -0.39 is 0 Å². The number of rotatable bonds is 2. The zero-order chi connectivity index (χ0) is 15.9. The first-order chi connectivity index (χ1) is 11.2. The fourth-order valence-corrected chi connectivity index (χ4v) is 3.51. The zero-order valence-corrected chi connectivity index (χ0v) is 13.1. The quantitative estimate of drug-likeness (QED) is 0.844.